The first-order valence-electron chi connectivity index (χ1n) is 5.65. The van der Waals surface area contributed by atoms with E-state index in [1.54, 1.807) is 0 Å². The molecule has 4 heteroatoms. The lowest BCUT2D eigenvalue weighted by Gasteiger charge is -2.12. The zero-order valence-electron chi connectivity index (χ0n) is 9.61. The molecule has 4 nitrogen and oxygen atoms in total. The van der Waals surface area contributed by atoms with E-state index in [-0.39, 0.29) is 12.6 Å². The third-order valence-corrected chi connectivity index (χ3v) is 2.45. The van der Waals surface area contributed by atoms with Gasteiger partial charge in [-0.05, 0) is 12.8 Å². The highest BCUT2D eigenvalue weighted by molar-refractivity contribution is 5.03. The molecule has 86 valence electrons. The fourth-order valence-electron chi connectivity index (χ4n) is 1.45. The van der Waals surface area contributed by atoms with Gasteiger partial charge in [-0.2, -0.15) is 5.10 Å². The first kappa shape index (κ1) is 12.2. The average Bonchev–Trinajstić information content (AvgIpc) is 2.68. The second-order valence-corrected chi connectivity index (χ2v) is 3.78. The molecule has 0 spiro atoms. The molecule has 15 heavy (non-hydrogen) atoms. The van der Waals surface area contributed by atoms with E-state index in [0.717, 1.165) is 25.9 Å². The zero-order chi connectivity index (χ0) is 11.1. The van der Waals surface area contributed by atoms with E-state index >= 15 is 0 Å². The van der Waals surface area contributed by atoms with Gasteiger partial charge in [0.1, 0.15) is 0 Å². The van der Waals surface area contributed by atoms with Crippen LogP contribution in [0.5, 0.6) is 0 Å². The Morgan fingerprint density at radius 2 is 2.33 bits per heavy atom. The highest BCUT2D eigenvalue weighted by atomic mass is 16.3. The van der Waals surface area contributed by atoms with Crippen LogP contribution >= 0.6 is 0 Å². The van der Waals surface area contributed by atoms with Crippen molar-refractivity contribution in [2.24, 2.45) is 0 Å². The number of nitrogens with one attached hydrogen (secondary N) is 1. The van der Waals surface area contributed by atoms with Crippen molar-refractivity contribution in [3.05, 3.63) is 18.0 Å². The number of aryl methyl sites for hydroxylation is 1. The third kappa shape index (κ3) is 4.01. The van der Waals surface area contributed by atoms with Crippen molar-refractivity contribution in [3.8, 4) is 0 Å². The van der Waals surface area contributed by atoms with Crippen LogP contribution in [-0.4, -0.2) is 27.5 Å². The highest BCUT2D eigenvalue weighted by Crippen LogP contribution is 2.00. The molecule has 0 aliphatic rings. The van der Waals surface area contributed by atoms with Gasteiger partial charge in [-0.1, -0.05) is 13.8 Å². The standard InChI is InChI=1S/C11H21N3O/c1-3-5-14-8-10(7-13-14)6-12-11(4-2)9-15/h7-8,11-12,15H,3-6,9H2,1-2H3. The van der Waals surface area contributed by atoms with Gasteiger partial charge in [-0.25, -0.2) is 0 Å². The first-order valence-corrected chi connectivity index (χ1v) is 5.65. The maximum absolute atomic E-state index is 9.01. The quantitative estimate of drug-likeness (QED) is 0.711. The summed E-state index contributed by atoms with van der Waals surface area (Å²) in [5, 5.41) is 16.5. The second-order valence-electron chi connectivity index (χ2n) is 3.78. The Labute approximate surface area is 91.3 Å². The number of hydrogen-bond acceptors (Lipinski definition) is 3. The van der Waals surface area contributed by atoms with Gasteiger partial charge in [0.05, 0.1) is 12.8 Å². The molecule has 0 bridgehead atoms. The van der Waals surface area contributed by atoms with E-state index < -0.39 is 0 Å². The predicted octanol–water partition coefficient (Wildman–Crippen LogP) is 1.15. The normalized spacial score (nSPS) is 13.0. The van der Waals surface area contributed by atoms with Crippen molar-refractivity contribution in [1.82, 2.24) is 15.1 Å². The molecule has 0 radical (unpaired) electrons. The second kappa shape index (κ2) is 6.58. The minimum absolute atomic E-state index is 0.194. The summed E-state index contributed by atoms with van der Waals surface area (Å²) in [4.78, 5) is 0. The Hall–Kier alpha value is -0.870. The SMILES string of the molecule is CCCn1cc(CNC(CC)CO)cn1. The van der Waals surface area contributed by atoms with Crippen molar-refractivity contribution >= 4 is 0 Å². The summed E-state index contributed by atoms with van der Waals surface area (Å²) in [6, 6.07) is 0.194. The van der Waals surface area contributed by atoms with E-state index in [0.29, 0.717) is 0 Å². The summed E-state index contributed by atoms with van der Waals surface area (Å²) >= 11 is 0. The summed E-state index contributed by atoms with van der Waals surface area (Å²) < 4.78 is 1.96. The summed E-state index contributed by atoms with van der Waals surface area (Å²) in [5.74, 6) is 0. The van der Waals surface area contributed by atoms with Crippen LogP contribution in [0.2, 0.25) is 0 Å². The fraction of sp³-hybridized carbons (Fsp3) is 0.727. The molecule has 1 aromatic rings. The number of nitrogens with zero attached hydrogens (tertiary/aromatic N) is 2. The molecule has 1 heterocycles. The van der Waals surface area contributed by atoms with Crippen molar-refractivity contribution in [2.45, 2.75) is 45.8 Å². The molecule has 0 aromatic carbocycles. The van der Waals surface area contributed by atoms with Crippen LogP contribution in [0.4, 0.5) is 0 Å². The van der Waals surface area contributed by atoms with Gasteiger partial charge in [-0.15, -0.1) is 0 Å². The van der Waals surface area contributed by atoms with Crippen molar-refractivity contribution in [2.75, 3.05) is 6.61 Å². The topological polar surface area (TPSA) is 50.1 Å². The fourth-order valence-corrected chi connectivity index (χ4v) is 1.45. The van der Waals surface area contributed by atoms with Crippen molar-refractivity contribution < 1.29 is 5.11 Å². The molecule has 0 amide bonds. The minimum atomic E-state index is 0.194. The molecule has 1 rings (SSSR count). The van der Waals surface area contributed by atoms with Gasteiger partial charge in [0.25, 0.3) is 0 Å². The summed E-state index contributed by atoms with van der Waals surface area (Å²) in [5.41, 5.74) is 1.18. The number of aliphatic hydroxyl groups excluding tert-OH is 1. The van der Waals surface area contributed by atoms with E-state index in [2.05, 4.69) is 30.5 Å². The molecule has 0 fully saturated rings. The number of rotatable bonds is 7. The lowest BCUT2D eigenvalue weighted by atomic mass is 10.2. The minimum Gasteiger partial charge on any atom is -0.395 e. The van der Waals surface area contributed by atoms with E-state index in [4.69, 9.17) is 5.11 Å². The van der Waals surface area contributed by atoms with Crippen LogP contribution < -0.4 is 5.32 Å². The smallest absolute Gasteiger partial charge is 0.0584 e. The molecule has 0 aliphatic heterocycles. The first-order chi connectivity index (χ1) is 7.30. The van der Waals surface area contributed by atoms with Crippen LogP contribution in [0.25, 0.3) is 0 Å². The van der Waals surface area contributed by atoms with Gasteiger partial charge in [0.15, 0.2) is 0 Å². The van der Waals surface area contributed by atoms with Gasteiger partial charge in [0.2, 0.25) is 0 Å². The number of aliphatic hydroxyl groups is 1. The molecule has 0 saturated carbocycles. The van der Waals surface area contributed by atoms with E-state index in [9.17, 15) is 0 Å². The maximum Gasteiger partial charge on any atom is 0.0584 e. The highest BCUT2D eigenvalue weighted by Gasteiger charge is 2.04. The summed E-state index contributed by atoms with van der Waals surface area (Å²) in [7, 11) is 0. The Balaban J connectivity index is 2.36. The van der Waals surface area contributed by atoms with Crippen LogP contribution in [-0.2, 0) is 13.1 Å². The van der Waals surface area contributed by atoms with Crippen LogP contribution in [0, 0.1) is 0 Å². The lowest BCUT2D eigenvalue weighted by Crippen LogP contribution is -2.31. The summed E-state index contributed by atoms with van der Waals surface area (Å²) in [6.45, 7) is 6.15. The average molecular weight is 211 g/mol. The molecule has 1 aromatic heterocycles. The van der Waals surface area contributed by atoms with Crippen molar-refractivity contribution in [3.63, 3.8) is 0 Å². The largest absolute Gasteiger partial charge is 0.395 e. The Morgan fingerprint density at radius 1 is 1.53 bits per heavy atom. The Kier molecular flexibility index (Phi) is 5.36. The van der Waals surface area contributed by atoms with Crippen LogP contribution in [0.1, 0.15) is 32.3 Å². The van der Waals surface area contributed by atoms with E-state index in [1.807, 2.05) is 10.9 Å². The molecule has 0 aliphatic carbocycles. The Bertz CT molecular complexity index is 269. The van der Waals surface area contributed by atoms with Gasteiger partial charge < -0.3 is 10.4 Å². The number of hydrogen-bond donors (Lipinski definition) is 2. The third-order valence-electron chi connectivity index (χ3n) is 2.45. The summed E-state index contributed by atoms with van der Waals surface area (Å²) in [6.07, 6.45) is 5.98. The molecule has 2 N–H and O–H groups in total. The van der Waals surface area contributed by atoms with Gasteiger partial charge in [-0.3, -0.25) is 4.68 Å². The van der Waals surface area contributed by atoms with Gasteiger partial charge in [0, 0.05) is 30.9 Å². The van der Waals surface area contributed by atoms with Crippen LogP contribution in [0.3, 0.4) is 0 Å². The Morgan fingerprint density at radius 3 is 2.93 bits per heavy atom. The monoisotopic (exact) mass is 211 g/mol. The predicted molar refractivity (Wildman–Crippen MR) is 60.5 cm³/mol. The molecule has 0 saturated heterocycles. The van der Waals surface area contributed by atoms with Gasteiger partial charge >= 0.3 is 0 Å². The lowest BCUT2D eigenvalue weighted by molar-refractivity contribution is 0.238. The maximum atomic E-state index is 9.01. The molecule has 1 atom stereocenters. The van der Waals surface area contributed by atoms with E-state index in [1.165, 1.54) is 5.56 Å². The molecule has 1 unspecified atom stereocenters. The zero-order valence-corrected chi connectivity index (χ0v) is 9.61. The van der Waals surface area contributed by atoms with Crippen molar-refractivity contribution in [1.29, 1.82) is 0 Å². The van der Waals surface area contributed by atoms with Crippen LogP contribution in [0.15, 0.2) is 12.4 Å². The number of aromatic nitrogens is 2. The molecular formula is C11H21N3O. The molecular weight excluding hydrogens is 190 g/mol.